The summed E-state index contributed by atoms with van der Waals surface area (Å²) >= 11 is 1.25. The topological polar surface area (TPSA) is 50.2 Å². The molecule has 0 spiro atoms. The van der Waals surface area contributed by atoms with Gasteiger partial charge in [-0.1, -0.05) is 0 Å². The fourth-order valence-corrected chi connectivity index (χ4v) is 1.81. The average molecular weight is 367 g/mol. The third-order valence-electron chi connectivity index (χ3n) is 1.77. The van der Waals surface area contributed by atoms with Gasteiger partial charge in [-0.2, -0.15) is 13.2 Å². The molecule has 0 saturated carbocycles. The van der Waals surface area contributed by atoms with Crippen LogP contribution in [0.15, 0.2) is 6.20 Å². The van der Waals surface area contributed by atoms with Crippen LogP contribution in [0, 0.1) is 3.57 Å². The van der Waals surface area contributed by atoms with Gasteiger partial charge in [0.05, 0.1) is 5.56 Å². The van der Waals surface area contributed by atoms with Crippen molar-refractivity contribution in [2.24, 2.45) is 0 Å². The standard InChI is InChI=1S/C8H3F5INO2/c9-6(10)3-2(14)1-15-5(7(16)17)4(3)8(11,12)13/h1,6H,(H,16,17). The van der Waals surface area contributed by atoms with Gasteiger partial charge in [0.2, 0.25) is 0 Å². The van der Waals surface area contributed by atoms with Crippen LogP contribution in [0.3, 0.4) is 0 Å². The molecule has 0 aliphatic rings. The van der Waals surface area contributed by atoms with Crippen molar-refractivity contribution in [3.8, 4) is 0 Å². The van der Waals surface area contributed by atoms with E-state index < -0.39 is 39.0 Å². The van der Waals surface area contributed by atoms with E-state index in [1.54, 1.807) is 0 Å². The van der Waals surface area contributed by atoms with E-state index in [1.165, 1.54) is 22.6 Å². The van der Waals surface area contributed by atoms with E-state index in [-0.39, 0.29) is 0 Å². The van der Waals surface area contributed by atoms with Gasteiger partial charge in [0.25, 0.3) is 6.43 Å². The summed E-state index contributed by atoms with van der Waals surface area (Å²) < 4.78 is 62.3. The number of aromatic carboxylic acids is 1. The van der Waals surface area contributed by atoms with E-state index in [0.717, 1.165) is 0 Å². The Morgan fingerprint density at radius 3 is 2.29 bits per heavy atom. The molecule has 1 rings (SSSR count). The number of nitrogens with zero attached hydrogens (tertiary/aromatic N) is 1. The summed E-state index contributed by atoms with van der Waals surface area (Å²) in [6.45, 7) is 0. The number of halogens is 6. The smallest absolute Gasteiger partial charge is 0.419 e. The summed E-state index contributed by atoms with van der Waals surface area (Å²) in [6.07, 6.45) is -7.96. The Morgan fingerprint density at radius 2 is 1.94 bits per heavy atom. The lowest BCUT2D eigenvalue weighted by atomic mass is 10.1. The lowest BCUT2D eigenvalue weighted by molar-refractivity contribution is -0.140. The second-order valence-corrected chi connectivity index (χ2v) is 4.01. The minimum atomic E-state index is -5.20. The first-order chi connectivity index (χ1) is 7.66. The molecule has 0 atom stereocenters. The highest BCUT2D eigenvalue weighted by molar-refractivity contribution is 14.1. The molecule has 0 fully saturated rings. The predicted molar refractivity (Wildman–Crippen MR) is 53.9 cm³/mol. The molecule has 0 aliphatic heterocycles. The molecule has 0 amide bonds. The summed E-state index contributed by atoms with van der Waals surface area (Å²) in [5.41, 5.74) is -4.68. The minimum Gasteiger partial charge on any atom is -0.476 e. The summed E-state index contributed by atoms with van der Waals surface area (Å²) in [6, 6.07) is 0. The van der Waals surface area contributed by atoms with E-state index in [2.05, 4.69) is 4.98 Å². The molecule has 0 saturated heterocycles. The lowest BCUT2D eigenvalue weighted by Crippen LogP contribution is -2.19. The predicted octanol–water partition coefficient (Wildman–Crippen LogP) is 3.34. The fourth-order valence-electron chi connectivity index (χ4n) is 1.16. The van der Waals surface area contributed by atoms with Gasteiger partial charge in [0, 0.05) is 15.3 Å². The largest absolute Gasteiger partial charge is 0.476 e. The Labute approximate surface area is 105 Å². The van der Waals surface area contributed by atoms with Crippen molar-refractivity contribution in [3.63, 3.8) is 0 Å². The number of carbonyl (C=O) groups is 1. The molecule has 1 heterocycles. The van der Waals surface area contributed by atoms with E-state index in [9.17, 15) is 26.7 Å². The summed E-state index contributed by atoms with van der Waals surface area (Å²) in [4.78, 5) is 13.6. The Kier molecular flexibility index (Phi) is 3.89. The highest BCUT2D eigenvalue weighted by atomic mass is 127. The SMILES string of the molecule is O=C(O)c1ncc(I)c(C(F)F)c1C(F)(F)F. The molecule has 1 aromatic heterocycles. The van der Waals surface area contributed by atoms with Gasteiger partial charge in [-0.25, -0.2) is 18.6 Å². The zero-order valence-electron chi connectivity index (χ0n) is 7.73. The number of carboxylic acid groups (broad SMARTS) is 1. The first-order valence-corrected chi connectivity index (χ1v) is 5.01. The molecule has 0 bridgehead atoms. The summed E-state index contributed by atoms with van der Waals surface area (Å²) in [7, 11) is 0. The third-order valence-corrected chi connectivity index (χ3v) is 2.63. The molecule has 0 aliphatic carbocycles. The number of hydrogen-bond donors (Lipinski definition) is 1. The zero-order valence-corrected chi connectivity index (χ0v) is 9.88. The van der Waals surface area contributed by atoms with Crippen LogP contribution in [0.5, 0.6) is 0 Å². The Bertz CT molecular complexity index is 460. The van der Waals surface area contributed by atoms with E-state index >= 15 is 0 Å². The monoisotopic (exact) mass is 367 g/mol. The van der Waals surface area contributed by atoms with Crippen molar-refractivity contribution in [1.82, 2.24) is 4.98 Å². The number of aromatic nitrogens is 1. The molecule has 1 aromatic rings. The van der Waals surface area contributed by atoms with Gasteiger partial charge < -0.3 is 5.11 Å². The van der Waals surface area contributed by atoms with Crippen LogP contribution in [-0.4, -0.2) is 16.1 Å². The van der Waals surface area contributed by atoms with Crippen LogP contribution in [0.25, 0.3) is 0 Å². The van der Waals surface area contributed by atoms with Gasteiger partial charge in [-0.15, -0.1) is 0 Å². The molecular weight excluding hydrogens is 364 g/mol. The Morgan fingerprint density at radius 1 is 1.41 bits per heavy atom. The Balaban J connectivity index is 3.68. The normalized spacial score (nSPS) is 11.9. The average Bonchev–Trinajstić information content (AvgIpc) is 2.14. The first kappa shape index (κ1) is 14.1. The minimum absolute atomic E-state index is 0.435. The van der Waals surface area contributed by atoms with Gasteiger partial charge in [0.1, 0.15) is 0 Å². The fraction of sp³-hybridized carbons (Fsp3) is 0.250. The molecule has 17 heavy (non-hydrogen) atoms. The third kappa shape index (κ3) is 2.82. The number of rotatable bonds is 2. The van der Waals surface area contributed by atoms with Crippen molar-refractivity contribution < 1.29 is 31.9 Å². The molecule has 3 nitrogen and oxygen atoms in total. The highest BCUT2D eigenvalue weighted by Crippen LogP contribution is 2.39. The summed E-state index contributed by atoms with van der Waals surface area (Å²) in [5.74, 6) is -2.00. The summed E-state index contributed by atoms with van der Waals surface area (Å²) in [5, 5.41) is 8.52. The van der Waals surface area contributed by atoms with Gasteiger partial charge in [0.15, 0.2) is 5.69 Å². The number of pyridine rings is 1. The van der Waals surface area contributed by atoms with E-state index in [1.807, 2.05) is 0 Å². The van der Waals surface area contributed by atoms with Crippen molar-refractivity contribution in [3.05, 3.63) is 26.6 Å². The van der Waals surface area contributed by atoms with Gasteiger partial charge in [-0.05, 0) is 22.6 Å². The van der Waals surface area contributed by atoms with Crippen LogP contribution in [0.1, 0.15) is 28.0 Å². The maximum absolute atomic E-state index is 12.6. The number of carboxylic acids is 1. The second kappa shape index (κ2) is 4.70. The maximum atomic E-state index is 12.6. The quantitative estimate of drug-likeness (QED) is 0.645. The molecule has 94 valence electrons. The molecule has 9 heteroatoms. The van der Waals surface area contributed by atoms with Crippen LogP contribution >= 0.6 is 22.6 Å². The number of hydrogen-bond acceptors (Lipinski definition) is 2. The zero-order chi connectivity index (χ0) is 13.4. The lowest BCUT2D eigenvalue weighted by Gasteiger charge is -2.15. The Hall–Kier alpha value is -1.00. The van der Waals surface area contributed by atoms with Gasteiger partial charge in [-0.3, -0.25) is 0 Å². The van der Waals surface area contributed by atoms with Gasteiger partial charge >= 0.3 is 12.1 Å². The first-order valence-electron chi connectivity index (χ1n) is 3.93. The van der Waals surface area contributed by atoms with Crippen LogP contribution in [0.2, 0.25) is 0 Å². The maximum Gasteiger partial charge on any atom is 0.419 e. The van der Waals surface area contributed by atoms with Crippen molar-refractivity contribution in [2.75, 3.05) is 0 Å². The van der Waals surface area contributed by atoms with Crippen LogP contribution < -0.4 is 0 Å². The highest BCUT2D eigenvalue weighted by Gasteiger charge is 2.42. The molecule has 0 radical (unpaired) electrons. The van der Waals surface area contributed by atoms with Crippen molar-refractivity contribution in [2.45, 2.75) is 12.6 Å². The number of alkyl halides is 5. The molecule has 0 unspecified atom stereocenters. The van der Waals surface area contributed by atoms with E-state index in [0.29, 0.717) is 6.20 Å². The molecule has 0 aromatic carbocycles. The van der Waals surface area contributed by atoms with Crippen LogP contribution in [-0.2, 0) is 6.18 Å². The molecule has 1 N–H and O–H groups in total. The second-order valence-electron chi connectivity index (χ2n) is 2.85. The van der Waals surface area contributed by atoms with Crippen molar-refractivity contribution >= 4 is 28.6 Å². The van der Waals surface area contributed by atoms with E-state index in [4.69, 9.17) is 5.11 Å². The van der Waals surface area contributed by atoms with Crippen molar-refractivity contribution in [1.29, 1.82) is 0 Å². The van der Waals surface area contributed by atoms with Crippen LogP contribution in [0.4, 0.5) is 22.0 Å². The molecular formula is C8H3F5INO2.